The van der Waals surface area contributed by atoms with Crippen LogP contribution < -0.4 is 0 Å². The second kappa shape index (κ2) is 10.2. The maximum Gasteiger partial charge on any atom is 0.373 e. The van der Waals surface area contributed by atoms with Gasteiger partial charge in [0, 0.05) is 24.7 Å². The van der Waals surface area contributed by atoms with Crippen LogP contribution in [0.2, 0.25) is 0 Å². The Morgan fingerprint density at radius 2 is 1.97 bits per heavy atom. The minimum atomic E-state index is -2.09. The van der Waals surface area contributed by atoms with Crippen molar-refractivity contribution < 1.29 is 23.3 Å². The van der Waals surface area contributed by atoms with Gasteiger partial charge in [-0.05, 0) is 69.9 Å². The maximum atomic E-state index is 12.8. The number of benzene rings is 1. The van der Waals surface area contributed by atoms with Gasteiger partial charge in [-0.25, -0.2) is 13.7 Å². The van der Waals surface area contributed by atoms with E-state index in [1.54, 1.807) is 39.0 Å². The molecule has 1 fully saturated rings. The van der Waals surface area contributed by atoms with Crippen LogP contribution in [0.15, 0.2) is 41.5 Å². The second-order valence-electron chi connectivity index (χ2n) is 9.99. The highest BCUT2D eigenvalue weighted by atomic mass is 79.9. The lowest BCUT2D eigenvalue weighted by Gasteiger charge is -2.43. The van der Waals surface area contributed by atoms with E-state index in [2.05, 4.69) is 27.8 Å². The molecule has 8 nitrogen and oxygen atoms in total. The molecule has 1 aromatic heterocycles. The van der Waals surface area contributed by atoms with Crippen molar-refractivity contribution in [1.82, 2.24) is 9.58 Å². The van der Waals surface area contributed by atoms with E-state index in [-0.39, 0.29) is 11.7 Å². The minimum Gasteiger partial charge on any atom is -0.357 e. The van der Waals surface area contributed by atoms with Crippen LogP contribution in [0.1, 0.15) is 73.8 Å². The summed E-state index contributed by atoms with van der Waals surface area (Å²) in [6.45, 7) is 9.15. The smallest absolute Gasteiger partial charge is 0.357 e. The van der Waals surface area contributed by atoms with Gasteiger partial charge >= 0.3 is 5.97 Å². The first-order chi connectivity index (χ1) is 16.5. The van der Waals surface area contributed by atoms with E-state index in [9.17, 15) is 13.6 Å². The van der Waals surface area contributed by atoms with Crippen LogP contribution in [-0.4, -0.2) is 58.9 Å². The summed E-state index contributed by atoms with van der Waals surface area (Å²) in [5.74, 6) is -0.281. The monoisotopic (exact) mass is 565 g/mol. The van der Waals surface area contributed by atoms with Crippen molar-refractivity contribution in [2.45, 2.75) is 62.8 Å². The Kier molecular flexibility index (Phi) is 7.57. The van der Waals surface area contributed by atoms with Crippen molar-refractivity contribution in [3.8, 4) is 0 Å². The van der Waals surface area contributed by atoms with Crippen molar-refractivity contribution in [1.29, 1.82) is 0 Å². The molecule has 0 spiro atoms. The number of hydrogen-bond acceptors (Lipinski definition) is 6. The zero-order valence-electron chi connectivity index (χ0n) is 20.5. The summed E-state index contributed by atoms with van der Waals surface area (Å²) in [6, 6.07) is 11.2. The van der Waals surface area contributed by atoms with E-state index in [1.165, 1.54) is 0 Å². The molecule has 0 bridgehead atoms. The van der Waals surface area contributed by atoms with Gasteiger partial charge in [0.25, 0.3) is 0 Å². The molecule has 3 heterocycles. The minimum absolute atomic E-state index is 0.0541. The van der Waals surface area contributed by atoms with Crippen LogP contribution in [0.4, 0.5) is 0 Å². The van der Waals surface area contributed by atoms with Crippen LogP contribution in [0, 0.1) is 0 Å². The number of alkyl halides is 1. The summed E-state index contributed by atoms with van der Waals surface area (Å²) in [6.07, 6.45) is 2.88. The highest BCUT2D eigenvalue weighted by Crippen LogP contribution is 2.47. The molecule has 10 heteroatoms. The summed E-state index contributed by atoms with van der Waals surface area (Å²) in [4.78, 5) is 25.2. The van der Waals surface area contributed by atoms with Gasteiger partial charge in [-0.3, -0.25) is 4.89 Å². The molecule has 0 saturated carbocycles. The number of fused-ring (bicyclic) bond motifs is 1. The summed E-state index contributed by atoms with van der Waals surface area (Å²) in [5, 5.41) is 5.01. The second-order valence-corrected chi connectivity index (χ2v) is 12.3. The highest BCUT2D eigenvalue weighted by Gasteiger charge is 2.51. The third kappa shape index (κ3) is 5.40. The lowest BCUT2D eigenvalue weighted by molar-refractivity contribution is -0.301. The lowest BCUT2D eigenvalue weighted by atomic mass is 9.81. The molecule has 0 radical (unpaired) electrons. The van der Waals surface area contributed by atoms with E-state index >= 15 is 0 Å². The summed E-state index contributed by atoms with van der Waals surface area (Å²) in [7, 11) is 0. The molecule has 2 aliphatic heterocycles. The Bertz CT molecular complexity index is 1150. The molecule has 0 aliphatic carbocycles. The van der Waals surface area contributed by atoms with Crippen molar-refractivity contribution in [2.24, 2.45) is 5.10 Å². The number of aromatic nitrogens is 1. The van der Waals surface area contributed by atoms with Gasteiger partial charge in [0.2, 0.25) is 0 Å². The van der Waals surface area contributed by atoms with Gasteiger partial charge in [-0.1, -0.05) is 35.0 Å². The Hall–Kier alpha value is -2.01. The molecule has 1 saturated heterocycles. The number of likely N-dealkylation sites (tertiary alicyclic amines) is 1. The predicted molar refractivity (Wildman–Crippen MR) is 139 cm³/mol. The largest absolute Gasteiger partial charge is 0.373 e. The molecule has 0 amide bonds. The number of carbonyl (C=O) groups is 1. The third-order valence-corrected chi connectivity index (χ3v) is 8.37. The summed E-state index contributed by atoms with van der Waals surface area (Å²) in [5.41, 5.74) is 2.46. The number of rotatable bonds is 6. The van der Waals surface area contributed by atoms with E-state index in [0.29, 0.717) is 5.56 Å². The number of amidine groups is 1. The van der Waals surface area contributed by atoms with Crippen molar-refractivity contribution in [3.05, 3.63) is 58.9 Å². The number of carbonyl (C=O) groups excluding carboxylic acids is 1. The van der Waals surface area contributed by atoms with Crippen molar-refractivity contribution >= 4 is 38.8 Å². The zero-order chi connectivity index (χ0) is 25.4. The van der Waals surface area contributed by atoms with Gasteiger partial charge in [0.1, 0.15) is 15.8 Å². The fraction of sp³-hybridized carbons (Fsp3) is 0.520. The van der Waals surface area contributed by atoms with Gasteiger partial charge < -0.3 is 9.45 Å². The van der Waals surface area contributed by atoms with Crippen molar-refractivity contribution in [3.63, 3.8) is 0 Å². The van der Waals surface area contributed by atoms with Gasteiger partial charge in [-0.15, -0.1) is 0 Å². The first kappa shape index (κ1) is 26.1. The van der Waals surface area contributed by atoms with Crippen molar-refractivity contribution in [2.75, 3.05) is 18.8 Å². The molecule has 1 aromatic carbocycles. The van der Waals surface area contributed by atoms with E-state index in [4.69, 9.17) is 14.9 Å². The number of hydrogen-bond donors (Lipinski definition) is 1. The quantitative estimate of drug-likeness (QED) is 0.236. The van der Waals surface area contributed by atoms with Crippen LogP contribution in [-0.2, 0) is 27.3 Å². The highest BCUT2D eigenvalue weighted by molar-refractivity contribution is 9.10. The first-order valence-corrected chi connectivity index (χ1v) is 13.9. The number of nitrogens with zero attached hydrogens (tertiary/aromatic N) is 3. The van der Waals surface area contributed by atoms with Crippen LogP contribution in [0.25, 0.3) is 0 Å². The standard InChI is InChI=1S/C25H32BrN3O5S/c1-5-19-11-12-20-21(17-9-8-10-18(15-17)22(30)33-34-24(2,3)4)25(26,16-35(31)32)23(27-29(19)20)28-13-6-7-14-28/h8-12,15,21H,5-7,13-14,16H2,1-4H3,(H,31,32). The molecular weight excluding hydrogens is 534 g/mol. The molecule has 190 valence electrons. The zero-order valence-corrected chi connectivity index (χ0v) is 22.9. The van der Waals surface area contributed by atoms with Gasteiger partial charge in [0.05, 0.1) is 17.0 Å². The SMILES string of the molecule is CCc1ccc2n1N=C(N1CCCC1)C(Br)(CS(=O)O)C2c1cccc(C(=O)OOC(C)(C)C)c1. The van der Waals surface area contributed by atoms with E-state index in [0.717, 1.165) is 55.1 Å². The number of halogens is 1. The molecular formula is C25H32BrN3O5S. The Labute approximate surface area is 217 Å². The maximum absolute atomic E-state index is 12.8. The average Bonchev–Trinajstić information content (AvgIpc) is 3.45. The van der Waals surface area contributed by atoms with E-state index in [1.807, 2.05) is 22.9 Å². The molecule has 3 unspecified atom stereocenters. The lowest BCUT2D eigenvalue weighted by Crippen LogP contribution is -2.54. The fourth-order valence-corrected chi connectivity index (χ4v) is 6.78. The topological polar surface area (TPSA) is 93.4 Å². The average molecular weight is 567 g/mol. The Morgan fingerprint density at radius 3 is 2.60 bits per heavy atom. The summed E-state index contributed by atoms with van der Waals surface area (Å²) < 4.78 is 23.3. The van der Waals surface area contributed by atoms with E-state index < -0.39 is 27.0 Å². The molecule has 1 N–H and O–H groups in total. The Balaban J connectivity index is 1.83. The Morgan fingerprint density at radius 1 is 1.26 bits per heavy atom. The predicted octanol–water partition coefficient (Wildman–Crippen LogP) is 4.70. The number of aryl methyl sites for hydroxylation is 1. The third-order valence-electron chi connectivity index (χ3n) is 6.21. The molecule has 35 heavy (non-hydrogen) atoms. The van der Waals surface area contributed by atoms with Crippen LogP contribution in [0.3, 0.4) is 0 Å². The summed E-state index contributed by atoms with van der Waals surface area (Å²) >= 11 is 1.82. The van der Waals surface area contributed by atoms with Crippen LogP contribution >= 0.6 is 15.9 Å². The van der Waals surface area contributed by atoms with Gasteiger partial charge in [-0.2, -0.15) is 9.99 Å². The molecule has 2 aromatic rings. The normalized spacial score (nSPS) is 23.1. The molecule has 3 atom stereocenters. The first-order valence-electron chi connectivity index (χ1n) is 11.8. The van der Waals surface area contributed by atoms with Gasteiger partial charge in [0.15, 0.2) is 11.1 Å². The molecule has 2 aliphatic rings. The molecule has 4 rings (SSSR count). The van der Waals surface area contributed by atoms with Crippen LogP contribution in [0.5, 0.6) is 0 Å². The fourth-order valence-electron chi connectivity index (χ4n) is 4.71.